The molecule has 1 amide bonds. The fraction of sp³-hybridized carbons (Fsp3) is 0.235. The molecule has 0 aliphatic heterocycles. The van der Waals surface area contributed by atoms with E-state index in [-0.39, 0.29) is 17.0 Å². The largest absolute Gasteiger partial charge is 0.337 e. The lowest BCUT2D eigenvalue weighted by Crippen LogP contribution is -2.27. The molecule has 0 atom stereocenters. The molecule has 0 heterocycles. The van der Waals surface area contributed by atoms with Crippen LogP contribution in [-0.4, -0.2) is 44.7 Å². The summed E-state index contributed by atoms with van der Waals surface area (Å²) < 4.78 is 40.0. The Kier molecular flexibility index (Phi) is 5.97. The summed E-state index contributed by atoms with van der Waals surface area (Å²) in [5, 5.41) is 0. The van der Waals surface area contributed by atoms with Gasteiger partial charge < -0.3 is 4.90 Å². The molecule has 0 spiro atoms. The Balaban J connectivity index is 2.27. The fourth-order valence-corrected chi connectivity index (χ4v) is 3.57. The van der Waals surface area contributed by atoms with E-state index < -0.39 is 21.7 Å². The molecule has 2 rings (SSSR count). The summed E-state index contributed by atoms with van der Waals surface area (Å²) in [7, 11) is 0.749. The van der Waals surface area contributed by atoms with Crippen LogP contribution in [0.1, 0.15) is 15.9 Å². The van der Waals surface area contributed by atoms with Gasteiger partial charge in [-0.3, -0.25) is 4.79 Å². The van der Waals surface area contributed by atoms with Crippen molar-refractivity contribution < 1.29 is 17.6 Å². The molecule has 0 fully saturated rings. The second-order valence-electron chi connectivity index (χ2n) is 5.71. The van der Waals surface area contributed by atoms with Crippen molar-refractivity contribution in [3.05, 3.63) is 63.9 Å². The topological polar surface area (TPSA) is 57.7 Å². The van der Waals surface area contributed by atoms with E-state index in [2.05, 4.69) is 15.9 Å². The van der Waals surface area contributed by atoms with Gasteiger partial charge in [0, 0.05) is 43.3 Å². The maximum absolute atomic E-state index is 13.9. The summed E-state index contributed by atoms with van der Waals surface area (Å²) >= 11 is 3.27. The molecule has 0 N–H and O–H groups in total. The number of hydrogen-bond donors (Lipinski definition) is 0. The average Bonchev–Trinajstić information content (AvgIpc) is 2.57. The van der Waals surface area contributed by atoms with Crippen LogP contribution >= 0.6 is 15.9 Å². The molecule has 134 valence electrons. The summed E-state index contributed by atoms with van der Waals surface area (Å²) in [6.45, 7) is 0.0643. The van der Waals surface area contributed by atoms with Gasteiger partial charge in [-0.2, -0.15) is 0 Å². The number of amides is 1. The molecule has 8 heteroatoms. The van der Waals surface area contributed by atoms with Crippen LogP contribution in [0, 0.1) is 5.82 Å². The van der Waals surface area contributed by atoms with Crippen LogP contribution in [0.25, 0.3) is 0 Å². The molecule has 2 aromatic carbocycles. The van der Waals surface area contributed by atoms with Crippen LogP contribution in [0.2, 0.25) is 0 Å². The summed E-state index contributed by atoms with van der Waals surface area (Å²) in [4.78, 5) is 13.9. The molecular formula is C17H18BrFN2O3S. The Hall–Kier alpha value is -1.77. The van der Waals surface area contributed by atoms with Crippen LogP contribution in [0.3, 0.4) is 0 Å². The van der Waals surface area contributed by atoms with E-state index in [0.29, 0.717) is 10.0 Å². The first-order valence-electron chi connectivity index (χ1n) is 7.35. The lowest BCUT2D eigenvalue weighted by atomic mass is 10.1. The van der Waals surface area contributed by atoms with Crippen molar-refractivity contribution in [2.75, 3.05) is 21.1 Å². The number of hydrogen-bond acceptors (Lipinski definition) is 3. The van der Waals surface area contributed by atoms with E-state index in [1.807, 2.05) is 0 Å². The molecule has 0 unspecified atom stereocenters. The first-order valence-corrected chi connectivity index (χ1v) is 9.58. The molecular weight excluding hydrogens is 411 g/mol. The molecule has 25 heavy (non-hydrogen) atoms. The van der Waals surface area contributed by atoms with E-state index in [1.54, 1.807) is 12.1 Å². The van der Waals surface area contributed by atoms with Crippen LogP contribution in [0.4, 0.5) is 4.39 Å². The maximum atomic E-state index is 13.9. The Morgan fingerprint density at radius 2 is 1.80 bits per heavy atom. The average molecular weight is 429 g/mol. The van der Waals surface area contributed by atoms with Gasteiger partial charge in [-0.15, -0.1) is 0 Å². The van der Waals surface area contributed by atoms with E-state index in [4.69, 9.17) is 0 Å². The van der Waals surface area contributed by atoms with Crippen LogP contribution in [0.15, 0.2) is 51.8 Å². The maximum Gasteiger partial charge on any atom is 0.253 e. The van der Waals surface area contributed by atoms with Crippen molar-refractivity contribution in [2.24, 2.45) is 0 Å². The van der Waals surface area contributed by atoms with Crippen molar-refractivity contribution in [3.63, 3.8) is 0 Å². The van der Waals surface area contributed by atoms with Crippen molar-refractivity contribution in [1.82, 2.24) is 9.21 Å². The first-order chi connectivity index (χ1) is 11.6. The number of carbonyl (C=O) groups excluding carboxylic acids is 1. The SMILES string of the molecule is CN(Cc1cc(Br)ccc1F)C(=O)c1cccc(S(=O)(=O)N(C)C)c1. The number of benzene rings is 2. The third-order valence-corrected chi connectivity index (χ3v) is 5.93. The molecule has 0 radical (unpaired) electrons. The van der Waals surface area contributed by atoms with Crippen LogP contribution in [0.5, 0.6) is 0 Å². The second kappa shape index (κ2) is 7.63. The lowest BCUT2D eigenvalue weighted by Gasteiger charge is -2.19. The molecule has 0 bridgehead atoms. The number of sulfonamides is 1. The molecule has 0 aliphatic carbocycles. The van der Waals surface area contributed by atoms with Crippen LogP contribution < -0.4 is 0 Å². The lowest BCUT2D eigenvalue weighted by molar-refractivity contribution is 0.0783. The van der Waals surface area contributed by atoms with E-state index in [1.165, 1.54) is 56.4 Å². The molecule has 0 aliphatic rings. The van der Waals surface area contributed by atoms with Gasteiger partial charge in [-0.1, -0.05) is 22.0 Å². The predicted molar refractivity (Wildman–Crippen MR) is 97.2 cm³/mol. The zero-order valence-electron chi connectivity index (χ0n) is 14.0. The Morgan fingerprint density at radius 1 is 1.12 bits per heavy atom. The zero-order valence-corrected chi connectivity index (χ0v) is 16.4. The normalized spacial score (nSPS) is 11.6. The third kappa shape index (κ3) is 4.45. The van der Waals surface area contributed by atoms with Crippen molar-refractivity contribution in [3.8, 4) is 0 Å². The van der Waals surface area contributed by atoms with Crippen molar-refractivity contribution in [1.29, 1.82) is 0 Å². The number of rotatable bonds is 5. The molecule has 0 saturated carbocycles. The van der Waals surface area contributed by atoms with Gasteiger partial charge in [-0.25, -0.2) is 17.1 Å². The summed E-state index contributed by atoms with van der Waals surface area (Å²) in [6.07, 6.45) is 0. The second-order valence-corrected chi connectivity index (χ2v) is 8.78. The monoisotopic (exact) mass is 428 g/mol. The van der Waals surface area contributed by atoms with Gasteiger partial charge in [0.15, 0.2) is 0 Å². The minimum Gasteiger partial charge on any atom is -0.337 e. The highest BCUT2D eigenvalue weighted by Crippen LogP contribution is 2.19. The number of carbonyl (C=O) groups is 1. The minimum absolute atomic E-state index is 0.0328. The molecule has 5 nitrogen and oxygen atoms in total. The Labute approximate surface area is 155 Å². The van der Waals surface area contributed by atoms with Gasteiger partial charge >= 0.3 is 0 Å². The standard InChI is InChI=1S/C17H18BrFN2O3S/c1-20(2)25(23,24)15-6-4-5-12(10-15)17(22)21(3)11-13-9-14(18)7-8-16(13)19/h4-10H,11H2,1-3H3. The Bertz CT molecular complexity index is 901. The summed E-state index contributed by atoms with van der Waals surface area (Å²) in [5.41, 5.74) is 0.586. The molecule has 0 aromatic heterocycles. The van der Waals surface area contributed by atoms with Gasteiger partial charge in [-0.05, 0) is 36.4 Å². The number of halogens is 2. The van der Waals surface area contributed by atoms with E-state index in [0.717, 1.165) is 4.31 Å². The minimum atomic E-state index is -3.63. The predicted octanol–water partition coefficient (Wildman–Crippen LogP) is 3.11. The zero-order chi connectivity index (χ0) is 18.8. The first kappa shape index (κ1) is 19.6. The van der Waals surface area contributed by atoms with E-state index in [9.17, 15) is 17.6 Å². The van der Waals surface area contributed by atoms with Gasteiger partial charge in [0.1, 0.15) is 5.82 Å². The highest BCUT2D eigenvalue weighted by molar-refractivity contribution is 9.10. The van der Waals surface area contributed by atoms with Gasteiger partial charge in [0.05, 0.1) is 4.90 Å². The highest BCUT2D eigenvalue weighted by atomic mass is 79.9. The summed E-state index contributed by atoms with van der Waals surface area (Å²) in [6, 6.07) is 10.3. The number of nitrogens with zero attached hydrogens (tertiary/aromatic N) is 2. The van der Waals surface area contributed by atoms with Gasteiger partial charge in [0.25, 0.3) is 5.91 Å². The van der Waals surface area contributed by atoms with Crippen LogP contribution in [-0.2, 0) is 16.6 Å². The van der Waals surface area contributed by atoms with E-state index >= 15 is 0 Å². The quantitative estimate of drug-likeness (QED) is 0.734. The van der Waals surface area contributed by atoms with Crippen molar-refractivity contribution in [2.45, 2.75) is 11.4 Å². The molecule has 0 saturated heterocycles. The smallest absolute Gasteiger partial charge is 0.253 e. The summed E-state index contributed by atoms with van der Waals surface area (Å²) in [5.74, 6) is -0.804. The fourth-order valence-electron chi connectivity index (χ4n) is 2.21. The molecule has 2 aromatic rings. The highest BCUT2D eigenvalue weighted by Gasteiger charge is 2.20. The van der Waals surface area contributed by atoms with Gasteiger partial charge in [0.2, 0.25) is 10.0 Å². The third-order valence-electron chi connectivity index (χ3n) is 3.62. The van der Waals surface area contributed by atoms with Crippen molar-refractivity contribution >= 4 is 31.9 Å². The Morgan fingerprint density at radius 3 is 2.44 bits per heavy atom.